The van der Waals surface area contributed by atoms with Gasteiger partial charge in [0.25, 0.3) is 0 Å². The molecule has 2 rings (SSSR count). The largest absolute Gasteiger partial charge is 1.00 e. The molecular weight excluding hydrogens is 359 g/mol. The van der Waals surface area contributed by atoms with Gasteiger partial charge >= 0.3 is 51.4 Å². The van der Waals surface area contributed by atoms with Crippen molar-refractivity contribution in [2.24, 2.45) is 0 Å². The first-order valence-corrected chi connectivity index (χ1v) is 10.4. The first-order chi connectivity index (χ1) is 11.5. The second kappa shape index (κ2) is 11.2. The molecule has 0 aliphatic carbocycles. The van der Waals surface area contributed by atoms with Crippen molar-refractivity contribution >= 4 is 20.9 Å². The normalized spacial score (nSPS) is 11.5. The molecule has 0 N–H and O–H groups in total. The van der Waals surface area contributed by atoms with Gasteiger partial charge in [-0.25, -0.2) is 8.42 Å². The standard InChI is InChI=1S/C20H28O3S.K/c1-3-5-7-9-16-11-13-18-17(10-8-6-4-2)12-14-20(19(18)15-16)24(21,22)23;/h11-15H,3-10H2,1-2H3,(H,21,22,23);/q;+1/p-1. The topological polar surface area (TPSA) is 57.2 Å². The number of unbranched alkanes of at least 4 members (excludes halogenated alkanes) is 4. The fourth-order valence-electron chi connectivity index (χ4n) is 3.17. The van der Waals surface area contributed by atoms with Crippen LogP contribution in [-0.4, -0.2) is 13.0 Å². The maximum Gasteiger partial charge on any atom is 1.00 e. The Bertz CT molecular complexity index is 785. The van der Waals surface area contributed by atoms with Gasteiger partial charge in [0.15, 0.2) is 0 Å². The molecule has 3 nitrogen and oxygen atoms in total. The Kier molecular flexibility index (Phi) is 10.4. The first-order valence-electron chi connectivity index (χ1n) is 8.97. The van der Waals surface area contributed by atoms with E-state index in [-0.39, 0.29) is 56.3 Å². The van der Waals surface area contributed by atoms with E-state index in [1.54, 1.807) is 6.07 Å². The minimum absolute atomic E-state index is 0. The number of benzene rings is 2. The molecule has 132 valence electrons. The molecule has 5 heteroatoms. The van der Waals surface area contributed by atoms with E-state index in [1.807, 2.05) is 12.1 Å². The summed E-state index contributed by atoms with van der Waals surface area (Å²) in [5, 5.41) is 1.50. The first kappa shape index (κ1) is 23.3. The van der Waals surface area contributed by atoms with E-state index < -0.39 is 10.1 Å². The zero-order valence-corrected chi connectivity index (χ0v) is 19.6. The van der Waals surface area contributed by atoms with Crippen molar-refractivity contribution in [2.75, 3.05) is 0 Å². The molecule has 0 radical (unpaired) electrons. The quantitative estimate of drug-likeness (QED) is 0.377. The summed E-state index contributed by atoms with van der Waals surface area (Å²) in [7, 11) is -4.46. The van der Waals surface area contributed by atoms with Gasteiger partial charge in [0.1, 0.15) is 10.1 Å². The fourth-order valence-corrected chi connectivity index (χ4v) is 3.84. The molecule has 2 aromatic rings. The average Bonchev–Trinajstić information content (AvgIpc) is 2.54. The summed E-state index contributed by atoms with van der Waals surface area (Å²) in [4.78, 5) is -0.0888. The maximum atomic E-state index is 11.6. The molecule has 0 heterocycles. The molecule has 25 heavy (non-hydrogen) atoms. The SMILES string of the molecule is CCCCCc1ccc2c(CCCCC)ccc(S(=O)(=O)[O-])c2c1.[K+]. The summed E-state index contributed by atoms with van der Waals surface area (Å²) in [5.41, 5.74) is 2.23. The minimum Gasteiger partial charge on any atom is -0.744 e. The van der Waals surface area contributed by atoms with Crippen molar-refractivity contribution in [1.82, 2.24) is 0 Å². The van der Waals surface area contributed by atoms with Gasteiger partial charge in [-0.05, 0) is 59.7 Å². The van der Waals surface area contributed by atoms with Crippen LogP contribution in [-0.2, 0) is 23.0 Å². The van der Waals surface area contributed by atoms with E-state index in [2.05, 4.69) is 19.9 Å². The van der Waals surface area contributed by atoms with E-state index in [0.717, 1.165) is 67.9 Å². The predicted octanol–water partition coefficient (Wildman–Crippen LogP) is 2.21. The van der Waals surface area contributed by atoms with Crippen molar-refractivity contribution < 1.29 is 64.4 Å². The van der Waals surface area contributed by atoms with Crippen molar-refractivity contribution in [2.45, 2.75) is 70.1 Å². The molecule has 0 unspecified atom stereocenters. The Labute approximate surface area is 194 Å². The third-order valence-corrected chi connectivity index (χ3v) is 5.41. The molecule has 0 aliphatic rings. The number of aryl methyl sites for hydroxylation is 2. The molecule has 0 aromatic heterocycles. The van der Waals surface area contributed by atoms with Gasteiger partial charge in [-0.3, -0.25) is 0 Å². The van der Waals surface area contributed by atoms with E-state index >= 15 is 0 Å². The Morgan fingerprint density at radius 3 is 2.08 bits per heavy atom. The van der Waals surface area contributed by atoms with Gasteiger partial charge in [0.2, 0.25) is 0 Å². The van der Waals surface area contributed by atoms with Crippen LogP contribution in [0.1, 0.15) is 63.5 Å². The predicted molar refractivity (Wildman–Crippen MR) is 98.4 cm³/mol. The third-order valence-electron chi connectivity index (χ3n) is 4.52. The summed E-state index contributed by atoms with van der Waals surface area (Å²) in [6.07, 6.45) is 8.59. The van der Waals surface area contributed by atoms with Gasteiger partial charge in [-0.1, -0.05) is 57.7 Å². The van der Waals surface area contributed by atoms with Gasteiger partial charge in [0, 0.05) is 0 Å². The van der Waals surface area contributed by atoms with Crippen LogP contribution in [0.4, 0.5) is 0 Å². The van der Waals surface area contributed by atoms with Crippen LogP contribution in [0.25, 0.3) is 10.8 Å². The van der Waals surface area contributed by atoms with Crippen LogP contribution in [0.2, 0.25) is 0 Å². The van der Waals surface area contributed by atoms with Gasteiger partial charge in [0.05, 0.1) is 4.90 Å². The molecule has 0 saturated heterocycles. The number of fused-ring (bicyclic) bond motifs is 1. The monoisotopic (exact) mass is 386 g/mol. The number of hydrogen-bond acceptors (Lipinski definition) is 3. The molecule has 0 bridgehead atoms. The zero-order chi connectivity index (χ0) is 17.6. The van der Waals surface area contributed by atoms with Crippen molar-refractivity contribution in [3.63, 3.8) is 0 Å². The van der Waals surface area contributed by atoms with Gasteiger partial charge in [-0.2, -0.15) is 0 Å². The van der Waals surface area contributed by atoms with Crippen molar-refractivity contribution in [3.8, 4) is 0 Å². The van der Waals surface area contributed by atoms with Gasteiger partial charge in [-0.15, -0.1) is 0 Å². The second-order valence-electron chi connectivity index (χ2n) is 6.47. The van der Waals surface area contributed by atoms with Crippen LogP contribution in [0, 0.1) is 0 Å². The summed E-state index contributed by atoms with van der Waals surface area (Å²) in [5.74, 6) is 0. The Balaban J connectivity index is 0.00000312. The zero-order valence-electron chi connectivity index (χ0n) is 15.7. The fraction of sp³-hybridized carbons (Fsp3) is 0.500. The molecule has 2 aromatic carbocycles. The van der Waals surface area contributed by atoms with E-state index in [1.165, 1.54) is 6.07 Å². The Morgan fingerprint density at radius 1 is 0.840 bits per heavy atom. The molecule has 0 aliphatic heterocycles. The molecule has 0 fully saturated rings. The maximum absolute atomic E-state index is 11.6. The van der Waals surface area contributed by atoms with Crippen molar-refractivity contribution in [3.05, 3.63) is 41.5 Å². The molecule has 0 amide bonds. The summed E-state index contributed by atoms with van der Waals surface area (Å²) in [6.45, 7) is 4.32. The summed E-state index contributed by atoms with van der Waals surface area (Å²) in [6, 6.07) is 9.26. The third kappa shape index (κ3) is 6.72. The molecule has 0 saturated carbocycles. The second-order valence-corrected chi connectivity index (χ2v) is 7.82. The van der Waals surface area contributed by atoms with Crippen molar-refractivity contribution in [1.29, 1.82) is 0 Å². The van der Waals surface area contributed by atoms with Crippen LogP contribution in [0.5, 0.6) is 0 Å². The van der Waals surface area contributed by atoms with E-state index in [4.69, 9.17) is 0 Å². The van der Waals surface area contributed by atoms with E-state index in [9.17, 15) is 13.0 Å². The summed E-state index contributed by atoms with van der Waals surface area (Å²) < 4.78 is 34.9. The Morgan fingerprint density at radius 2 is 1.48 bits per heavy atom. The molecule has 0 spiro atoms. The van der Waals surface area contributed by atoms with Gasteiger partial charge < -0.3 is 4.55 Å². The minimum atomic E-state index is -4.46. The summed E-state index contributed by atoms with van der Waals surface area (Å²) >= 11 is 0. The van der Waals surface area contributed by atoms with Crippen LogP contribution in [0.15, 0.2) is 35.2 Å². The van der Waals surface area contributed by atoms with Crippen LogP contribution >= 0.6 is 0 Å². The van der Waals surface area contributed by atoms with Crippen LogP contribution < -0.4 is 51.4 Å². The average molecular weight is 387 g/mol. The molecule has 0 atom stereocenters. The van der Waals surface area contributed by atoms with Crippen LogP contribution in [0.3, 0.4) is 0 Å². The number of hydrogen-bond donors (Lipinski definition) is 0. The Hall–Kier alpha value is 0.246. The smallest absolute Gasteiger partial charge is 0.744 e. The van der Waals surface area contributed by atoms with E-state index in [0.29, 0.717) is 5.39 Å². The number of rotatable bonds is 9. The molecular formula is C20H27KO3S.